The quantitative estimate of drug-likeness (QED) is 0.0222. The first kappa shape index (κ1) is 91.1. The zero-order valence-corrected chi connectivity index (χ0v) is 62.7. The molecule has 0 amide bonds. The number of phosphoric acid groups is 2. The molecule has 0 heterocycles. The van der Waals surface area contributed by atoms with Gasteiger partial charge in [0.15, 0.2) is 12.2 Å². The van der Waals surface area contributed by atoms with E-state index in [-0.39, 0.29) is 25.7 Å². The molecule has 93 heavy (non-hydrogen) atoms. The van der Waals surface area contributed by atoms with Crippen molar-refractivity contribution in [2.24, 2.45) is 23.7 Å². The van der Waals surface area contributed by atoms with Crippen molar-refractivity contribution in [3.8, 4) is 0 Å². The van der Waals surface area contributed by atoms with Gasteiger partial charge in [-0.2, -0.15) is 0 Å². The molecule has 0 aromatic carbocycles. The van der Waals surface area contributed by atoms with E-state index in [4.69, 9.17) is 37.0 Å². The third kappa shape index (κ3) is 65.8. The molecule has 4 unspecified atom stereocenters. The molecule has 0 fully saturated rings. The number of unbranched alkanes of at least 4 members (excludes halogenated alkanes) is 35. The number of rotatable bonds is 71. The van der Waals surface area contributed by atoms with Crippen LogP contribution in [0.1, 0.15) is 370 Å². The van der Waals surface area contributed by atoms with Gasteiger partial charge in [-0.15, -0.1) is 0 Å². The smallest absolute Gasteiger partial charge is 0.462 e. The largest absolute Gasteiger partial charge is 0.472 e. The summed E-state index contributed by atoms with van der Waals surface area (Å²) in [7, 11) is -9.91. The van der Waals surface area contributed by atoms with Crippen LogP contribution in [0.15, 0.2) is 0 Å². The van der Waals surface area contributed by atoms with Crippen molar-refractivity contribution in [2.45, 2.75) is 388 Å². The Morgan fingerprint density at radius 3 is 0.763 bits per heavy atom. The van der Waals surface area contributed by atoms with E-state index >= 15 is 0 Å². The Balaban J connectivity index is 5.24. The second-order valence-electron chi connectivity index (χ2n) is 28.1. The van der Waals surface area contributed by atoms with Crippen molar-refractivity contribution in [3.05, 3.63) is 0 Å². The van der Waals surface area contributed by atoms with Gasteiger partial charge in [-0.1, -0.05) is 319 Å². The fourth-order valence-corrected chi connectivity index (χ4v) is 12.7. The molecule has 3 N–H and O–H groups in total. The van der Waals surface area contributed by atoms with E-state index in [2.05, 4.69) is 55.4 Å². The van der Waals surface area contributed by atoms with Gasteiger partial charge >= 0.3 is 39.5 Å². The summed E-state index contributed by atoms with van der Waals surface area (Å²) in [6, 6.07) is 0. The summed E-state index contributed by atoms with van der Waals surface area (Å²) in [5.74, 6) is 0.945. The van der Waals surface area contributed by atoms with E-state index in [9.17, 15) is 43.2 Å². The third-order valence-corrected chi connectivity index (χ3v) is 19.7. The summed E-state index contributed by atoms with van der Waals surface area (Å²) < 4.78 is 68.4. The predicted octanol–water partition coefficient (Wildman–Crippen LogP) is 21.3. The summed E-state index contributed by atoms with van der Waals surface area (Å²) >= 11 is 0. The second kappa shape index (κ2) is 63.5. The van der Waals surface area contributed by atoms with Crippen molar-refractivity contribution in [1.29, 1.82) is 0 Å². The first-order chi connectivity index (χ1) is 44.7. The van der Waals surface area contributed by atoms with Crippen LogP contribution in [-0.2, 0) is 65.4 Å². The zero-order valence-electron chi connectivity index (χ0n) is 60.9. The third-order valence-electron chi connectivity index (χ3n) is 17.8. The summed E-state index contributed by atoms with van der Waals surface area (Å²) in [6.07, 6.45) is 47.2. The van der Waals surface area contributed by atoms with Crippen LogP contribution >= 0.6 is 15.6 Å². The van der Waals surface area contributed by atoms with Crippen LogP contribution in [0.2, 0.25) is 0 Å². The van der Waals surface area contributed by atoms with Crippen molar-refractivity contribution >= 4 is 39.5 Å². The molecule has 0 saturated carbocycles. The first-order valence-electron chi connectivity index (χ1n) is 38.3. The Morgan fingerprint density at radius 2 is 0.516 bits per heavy atom. The summed E-state index contributed by atoms with van der Waals surface area (Å²) in [5, 5.41) is 10.6. The fraction of sp³-hybridized carbons (Fsp3) is 0.946. The fourth-order valence-electron chi connectivity index (χ4n) is 11.1. The highest BCUT2D eigenvalue weighted by atomic mass is 31.2. The number of aliphatic hydroxyl groups is 1. The SMILES string of the molecule is CCC(C)CCCCCCCCCCCCCCCCC(=O)O[C@H](COC(=O)CCCCCCCCCCCCC(C)CC)COP(=O)(O)OC[C@@H](O)COP(=O)(O)OC[C@@H](COC(=O)CCCCCCCCC(C)C)OC(=O)CCCCCCCCCCCC(C)C. The number of ether oxygens (including phenoxy) is 4. The van der Waals surface area contributed by atoms with Gasteiger partial charge in [-0.25, -0.2) is 9.13 Å². The van der Waals surface area contributed by atoms with Crippen LogP contribution in [0, 0.1) is 23.7 Å². The molecule has 0 aliphatic heterocycles. The average Bonchev–Trinajstić information content (AvgIpc) is 2.45. The predicted molar refractivity (Wildman–Crippen MR) is 377 cm³/mol. The van der Waals surface area contributed by atoms with Gasteiger partial charge in [0.2, 0.25) is 0 Å². The Labute approximate surface area is 568 Å². The highest BCUT2D eigenvalue weighted by molar-refractivity contribution is 7.47. The molecule has 7 atom stereocenters. The number of phosphoric ester groups is 2. The van der Waals surface area contributed by atoms with Crippen LogP contribution in [0.5, 0.6) is 0 Å². The number of hydrogen-bond acceptors (Lipinski definition) is 15. The highest BCUT2D eigenvalue weighted by Gasteiger charge is 2.30. The zero-order chi connectivity index (χ0) is 68.9. The number of carbonyl (C=O) groups is 4. The van der Waals surface area contributed by atoms with Gasteiger partial charge in [0.25, 0.3) is 0 Å². The topological polar surface area (TPSA) is 237 Å². The van der Waals surface area contributed by atoms with Gasteiger partial charge in [0.1, 0.15) is 19.3 Å². The summed E-state index contributed by atoms with van der Waals surface area (Å²) in [6.45, 7) is 14.2. The minimum Gasteiger partial charge on any atom is -0.462 e. The highest BCUT2D eigenvalue weighted by Crippen LogP contribution is 2.45. The molecule has 0 aromatic heterocycles. The van der Waals surface area contributed by atoms with Gasteiger partial charge in [0.05, 0.1) is 26.4 Å². The van der Waals surface area contributed by atoms with E-state index in [1.165, 1.54) is 167 Å². The number of carbonyl (C=O) groups excluding carboxylic acids is 4. The van der Waals surface area contributed by atoms with Gasteiger partial charge in [-0.05, 0) is 49.4 Å². The Kier molecular flexibility index (Phi) is 62.2. The van der Waals surface area contributed by atoms with Crippen molar-refractivity contribution in [2.75, 3.05) is 39.6 Å². The molecule has 0 spiro atoms. The van der Waals surface area contributed by atoms with Crippen LogP contribution in [0.25, 0.3) is 0 Å². The Hall–Kier alpha value is -1.94. The number of aliphatic hydroxyl groups excluding tert-OH is 1. The standard InChI is InChI=1S/C74H144O17P2/c1-9-66(7)52-44-36-27-21-15-13-11-12-14-16-24-30-40-48-56-73(78)90-69(60-84-71(76)54-46-38-29-23-18-17-22-28-37-45-53-67(8)10-2)62-88-92(80,81)86-58-68(75)59-87-93(82,83)89-63-70(61-85-72(77)55-47-39-33-32-35-43-51-65(5)6)91-74(79)57-49-41-31-25-19-20-26-34-42-50-64(3)4/h64-70,75H,9-63H2,1-8H3,(H,80,81)(H,82,83)/t66?,67?,68-,69-,70-/m1/s1. The Morgan fingerprint density at radius 1 is 0.301 bits per heavy atom. The van der Waals surface area contributed by atoms with E-state index in [1.54, 1.807) is 0 Å². The van der Waals surface area contributed by atoms with Crippen LogP contribution in [0.3, 0.4) is 0 Å². The molecule has 0 bridgehead atoms. The lowest BCUT2D eigenvalue weighted by atomic mass is 9.99. The van der Waals surface area contributed by atoms with Crippen LogP contribution in [-0.4, -0.2) is 96.7 Å². The lowest BCUT2D eigenvalue weighted by Crippen LogP contribution is -2.30. The monoisotopic (exact) mass is 1370 g/mol. The lowest BCUT2D eigenvalue weighted by Gasteiger charge is -2.21. The maximum absolute atomic E-state index is 13.1. The molecule has 17 nitrogen and oxygen atoms in total. The normalized spacial score (nSPS) is 14.8. The van der Waals surface area contributed by atoms with Crippen molar-refractivity contribution in [3.63, 3.8) is 0 Å². The molecule has 0 saturated heterocycles. The molecular formula is C74H144O17P2. The maximum atomic E-state index is 13.1. The van der Waals surface area contributed by atoms with E-state index in [1.807, 2.05) is 0 Å². The van der Waals surface area contributed by atoms with E-state index < -0.39 is 97.5 Å². The average molecular weight is 1370 g/mol. The molecular weight excluding hydrogens is 1220 g/mol. The van der Waals surface area contributed by atoms with Crippen LogP contribution < -0.4 is 0 Å². The van der Waals surface area contributed by atoms with Crippen molar-refractivity contribution in [1.82, 2.24) is 0 Å². The molecule has 19 heteroatoms. The molecule has 0 aliphatic carbocycles. The molecule has 0 rings (SSSR count). The summed E-state index contributed by atoms with van der Waals surface area (Å²) in [4.78, 5) is 72.7. The van der Waals surface area contributed by atoms with Gasteiger partial charge < -0.3 is 33.8 Å². The van der Waals surface area contributed by atoms with Crippen molar-refractivity contribution < 1.29 is 80.2 Å². The van der Waals surface area contributed by atoms with E-state index in [0.717, 1.165) is 114 Å². The van der Waals surface area contributed by atoms with E-state index in [0.29, 0.717) is 31.6 Å². The van der Waals surface area contributed by atoms with Crippen LogP contribution in [0.4, 0.5) is 0 Å². The van der Waals surface area contributed by atoms with Gasteiger partial charge in [0, 0.05) is 25.7 Å². The minimum atomic E-state index is -4.96. The van der Waals surface area contributed by atoms with Gasteiger partial charge in [-0.3, -0.25) is 37.3 Å². The molecule has 552 valence electrons. The minimum absolute atomic E-state index is 0.104. The maximum Gasteiger partial charge on any atom is 0.472 e. The first-order valence-corrected chi connectivity index (χ1v) is 41.3. The second-order valence-corrected chi connectivity index (χ2v) is 31.0. The molecule has 0 aliphatic rings. The number of hydrogen-bond donors (Lipinski definition) is 3. The molecule has 0 radical (unpaired) electrons. The number of esters is 4. The lowest BCUT2D eigenvalue weighted by molar-refractivity contribution is -0.161. The molecule has 0 aromatic rings. The summed E-state index contributed by atoms with van der Waals surface area (Å²) in [5.41, 5.74) is 0. The Bertz CT molecular complexity index is 1840.